The highest BCUT2D eigenvalue weighted by Crippen LogP contribution is 2.38. The van der Waals surface area contributed by atoms with Crippen LogP contribution in [-0.4, -0.2) is 67.3 Å². The number of nitrogens with one attached hydrogen (secondary N) is 1. The van der Waals surface area contributed by atoms with Crippen molar-refractivity contribution < 1.29 is 35.9 Å². The zero-order valence-corrected chi connectivity index (χ0v) is 22.6. The van der Waals surface area contributed by atoms with Gasteiger partial charge in [-0.05, 0) is 63.0 Å². The molecule has 3 fully saturated rings. The number of nitrogens with two attached hydrogens (primary N) is 1. The molecule has 1 aliphatic heterocycles. The Labute approximate surface area is 229 Å². The number of likely N-dealkylation sites (tertiary alicyclic amines) is 1. The van der Waals surface area contributed by atoms with Crippen molar-refractivity contribution in [2.45, 2.75) is 85.3 Å². The highest BCUT2D eigenvalue weighted by atomic mass is 35.5. The van der Waals surface area contributed by atoms with Crippen LogP contribution in [0.3, 0.4) is 0 Å². The van der Waals surface area contributed by atoms with Gasteiger partial charge in [0.2, 0.25) is 11.8 Å². The van der Waals surface area contributed by atoms with Crippen LogP contribution in [0.4, 0.5) is 13.2 Å². The fraction of sp³-hybridized carbons (Fsp3) is 0.640. The molecule has 9 nitrogen and oxygen atoms in total. The number of halogens is 4. The molecule has 0 radical (unpaired) electrons. The molecule has 1 saturated heterocycles. The van der Waals surface area contributed by atoms with E-state index in [9.17, 15) is 36.4 Å². The van der Waals surface area contributed by atoms with E-state index in [1.165, 1.54) is 4.90 Å². The average Bonchev–Trinajstić information content (AvgIpc) is 3.48. The molecule has 2 amide bonds. The van der Waals surface area contributed by atoms with Gasteiger partial charge in [0.15, 0.2) is 16.4 Å². The Morgan fingerprint density at radius 1 is 1.23 bits per heavy atom. The molecular formula is C25H30ClF3N4O5S. The lowest BCUT2D eigenvalue weighted by Crippen LogP contribution is -2.49. The first kappa shape index (κ1) is 29.4. The smallest absolute Gasteiger partial charge is 0.422 e. The van der Waals surface area contributed by atoms with Crippen LogP contribution in [0.15, 0.2) is 23.1 Å². The molecule has 2 saturated carbocycles. The topological polar surface area (TPSA) is 143 Å². The Balaban J connectivity index is 1.53. The van der Waals surface area contributed by atoms with Crippen LogP contribution >= 0.6 is 11.6 Å². The van der Waals surface area contributed by atoms with Gasteiger partial charge in [0, 0.05) is 25.1 Å². The van der Waals surface area contributed by atoms with E-state index in [0.29, 0.717) is 12.8 Å². The van der Waals surface area contributed by atoms with Crippen LogP contribution in [0.5, 0.6) is 5.75 Å². The van der Waals surface area contributed by atoms with Crippen molar-refractivity contribution in [3.63, 3.8) is 0 Å². The van der Waals surface area contributed by atoms with Crippen LogP contribution in [-0.2, 0) is 19.4 Å². The number of amides is 2. The minimum Gasteiger partial charge on any atom is -0.484 e. The van der Waals surface area contributed by atoms with Crippen molar-refractivity contribution in [2.75, 3.05) is 13.2 Å². The van der Waals surface area contributed by atoms with Crippen molar-refractivity contribution in [1.29, 1.82) is 5.26 Å². The Hall–Kier alpha value is -2.56. The van der Waals surface area contributed by atoms with Crippen LogP contribution in [0, 0.1) is 17.2 Å². The predicted octanol–water partition coefficient (Wildman–Crippen LogP) is 3.10. The van der Waals surface area contributed by atoms with Gasteiger partial charge in [-0.25, -0.2) is 8.42 Å². The number of benzene rings is 1. The summed E-state index contributed by atoms with van der Waals surface area (Å²) in [4.78, 5) is 27.5. The van der Waals surface area contributed by atoms with Gasteiger partial charge in [0.1, 0.15) is 17.3 Å². The maximum absolute atomic E-state index is 13.6. The molecule has 1 aromatic rings. The summed E-state index contributed by atoms with van der Waals surface area (Å²) >= 11 is 6.15. The van der Waals surface area contributed by atoms with Gasteiger partial charge in [-0.15, -0.1) is 0 Å². The number of carbonyl (C=O) groups excluding carboxylic acids is 2. The van der Waals surface area contributed by atoms with Gasteiger partial charge < -0.3 is 20.7 Å². The largest absolute Gasteiger partial charge is 0.484 e. The maximum atomic E-state index is 13.6. The van der Waals surface area contributed by atoms with Gasteiger partial charge in [-0.3, -0.25) is 9.59 Å². The normalized spacial score (nSPS) is 26.5. The molecule has 1 aromatic carbocycles. The van der Waals surface area contributed by atoms with Crippen molar-refractivity contribution in [3.05, 3.63) is 23.2 Å². The average molecular weight is 591 g/mol. The summed E-state index contributed by atoms with van der Waals surface area (Å²) in [7, 11) is -4.20. The van der Waals surface area contributed by atoms with Crippen molar-refractivity contribution in [3.8, 4) is 11.8 Å². The summed E-state index contributed by atoms with van der Waals surface area (Å²) in [5, 5.41) is 10.5. The number of nitrogens with zero attached hydrogens (tertiary/aromatic N) is 2. The van der Waals surface area contributed by atoms with Crippen LogP contribution in [0.2, 0.25) is 5.02 Å². The Morgan fingerprint density at radius 2 is 1.90 bits per heavy atom. The third kappa shape index (κ3) is 6.96. The second kappa shape index (κ2) is 11.1. The molecule has 4 rings (SSSR count). The number of hydrogen-bond donors (Lipinski definition) is 2. The lowest BCUT2D eigenvalue weighted by atomic mass is 9.84. The second-order valence-corrected chi connectivity index (χ2v) is 13.2. The van der Waals surface area contributed by atoms with Crippen LogP contribution in [0.1, 0.15) is 51.4 Å². The van der Waals surface area contributed by atoms with E-state index in [1.54, 1.807) is 0 Å². The molecule has 0 spiro atoms. The first-order valence-corrected chi connectivity index (χ1v) is 14.7. The first-order valence-electron chi connectivity index (χ1n) is 12.7. The lowest BCUT2D eigenvalue weighted by molar-refractivity contribution is -0.153. The van der Waals surface area contributed by atoms with Gasteiger partial charge in [-0.1, -0.05) is 11.6 Å². The number of nitriles is 1. The standard InChI is InChI=1S/C25H30ClF3N4O5S/c26-19-10-17(38-14-25(27,28)29)5-6-21(19)39(36,37)18-11-20(23(35)32-24(13-30)7-8-24)33(12-18)22(34)9-15-1-3-16(31)4-2-15/h5-6,10,15-16,18,20H,1-4,7-9,11-12,14,31H2,(H,32,35)/t15?,16?,18-,20+/m1/s1. The fourth-order valence-electron chi connectivity index (χ4n) is 5.16. The maximum Gasteiger partial charge on any atom is 0.422 e. The van der Waals surface area contributed by atoms with Crippen molar-refractivity contribution in [2.24, 2.45) is 11.7 Å². The number of hydrogen-bond acceptors (Lipinski definition) is 7. The third-order valence-corrected chi connectivity index (χ3v) is 10.2. The number of sulfone groups is 1. The predicted molar refractivity (Wildman–Crippen MR) is 134 cm³/mol. The van der Waals surface area contributed by atoms with E-state index in [1.807, 2.05) is 0 Å². The zero-order chi connectivity index (χ0) is 28.6. The number of rotatable bonds is 8. The van der Waals surface area contributed by atoms with Gasteiger partial charge in [-0.2, -0.15) is 18.4 Å². The summed E-state index contributed by atoms with van der Waals surface area (Å²) in [5.74, 6) is -1.12. The lowest BCUT2D eigenvalue weighted by Gasteiger charge is -2.29. The monoisotopic (exact) mass is 590 g/mol. The third-order valence-electron chi connectivity index (χ3n) is 7.62. The number of carbonyl (C=O) groups is 2. The SMILES string of the molecule is N#CC1(NC(=O)[C@@H]2C[C@@H](S(=O)(=O)c3ccc(OCC(F)(F)F)cc3Cl)CN2C(=O)CC2CCC(N)CC2)CC1. The molecular weight excluding hydrogens is 561 g/mol. The molecule has 3 aliphatic rings. The van der Waals surface area contributed by atoms with E-state index >= 15 is 0 Å². The molecule has 214 valence electrons. The Morgan fingerprint density at radius 3 is 2.46 bits per heavy atom. The van der Waals surface area contributed by atoms with Crippen LogP contribution in [0.25, 0.3) is 0 Å². The molecule has 0 bridgehead atoms. The minimum atomic E-state index is -4.58. The summed E-state index contributed by atoms with van der Waals surface area (Å²) in [6.07, 6.45) is -0.615. The first-order chi connectivity index (χ1) is 18.2. The highest BCUT2D eigenvalue weighted by molar-refractivity contribution is 7.92. The molecule has 39 heavy (non-hydrogen) atoms. The summed E-state index contributed by atoms with van der Waals surface area (Å²) in [6, 6.07) is 4.17. The van der Waals surface area contributed by atoms with E-state index in [-0.39, 0.29) is 52.9 Å². The summed E-state index contributed by atoms with van der Waals surface area (Å²) < 4.78 is 69.2. The van der Waals surface area contributed by atoms with Gasteiger partial charge in [0.05, 0.1) is 21.2 Å². The number of alkyl halides is 3. The van der Waals surface area contributed by atoms with E-state index in [4.69, 9.17) is 17.3 Å². The zero-order valence-electron chi connectivity index (χ0n) is 21.0. The molecule has 2 aliphatic carbocycles. The quantitative estimate of drug-likeness (QED) is 0.474. The highest BCUT2D eigenvalue weighted by Gasteiger charge is 2.50. The van der Waals surface area contributed by atoms with Crippen molar-refractivity contribution >= 4 is 33.3 Å². The molecule has 2 atom stereocenters. The van der Waals surface area contributed by atoms with Crippen molar-refractivity contribution in [1.82, 2.24) is 10.2 Å². The second-order valence-electron chi connectivity index (χ2n) is 10.6. The minimum absolute atomic E-state index is 0.0734. The Kier molecular flexibility index (Phi) is 8.40. The summed E-state index contributed by atoms with van der Waals surface area (Å²) in [5.41, 5.74) is 4.96. The molecule has 1 heterocycles. The van der Waals surface area contributed by atoms with Crippen LogP contribution < -0.4 is 15.8 Å². The number of ether oxygens (including phenoxy) is 1. The van der Waals surface area contributed by atoms with E-state index in [2.05, 4.69) is 16.1 Å². The molecule has 0 unspecified atom stereocenters. The van der Waals surface area contributed by atoms with Gasteiger partial charge in [0.25, 0.3) is 0 Å². The molecule has 14 heteroatoms. The van der Waals surface area contributed by atoms with E-state index in [0.717, 1.165) is 43.9 Å². The molecule has 0 aromatic heterocycles. The fourth-order valence-corrected chi connectivity index (χ4v) is 7.39. The summed E-state index contributed by atoms with van der Waals surface area (Å²) in [6.45, 7) is -1.82. The van der Waals surface area contributed by atoms with Gasteiger partial charge >= 0.3 is 6.18 Å². The Bertz CT molecular complexity index is 1260. The van der Waals surface area contributed by atoms with E-state index < -0.39 is 45.4 Å². The molecule has 3 N–H and O–H groups in total.